The van der Waals surface area contributed by atoms with Crippen molar-refractivity contribution >= 4 is 63.7 Å². The van der Waals surface area contributed by atoms with Crippen molar-refractivity contribution in [2.75, 3.05) is 23.3 Å². The van der Waals surface area contributed by atoms with E-state index in [2.05, 4.69) is 12.2 Å². The summed E-state index contributed by atoms with van der Waals surface area (Å²) in [5, 5.41) is 14.8. The SMILES string of the molecule is C[C@@H]1CCCN(c2ccc(C(=O)O[C@H](C)C(=O)Nc3cc(Cl)c(Cl)cc3Cl)cc2[N+](=O)[O-])C1. The Bertz CT molecular complexity index is 1100. The molecule has 1 fully saturated rings. The fraction of sp³-hybridized carbons (Fsp3) is 0.364. The number of ether oxygens (including phenoxy) is 1. The van der Waals surface area contributed by atoms with Crippen molar-refractivity contribution in [2.24, 2.45) is 5.92 Å². The van der Waals surface area contributed by atoms with Crippen LogP contribution in [0.15, 0.2) is 30.3 Å². The number of amides is 1. The van der Waals surface area contributed by atoms with Crippen LogP contribution in [0.3, 0.4) is 0 Å². The molecule has 1 amide bonds. The lowest BCUT2D eigenvalue weighted by atomic mass is 9.99. The van der Waals surface area contributed by atoms with Crippen molar-refractivity contribution in [2.45, 2.75) is 32.8 Å². The molecule has 0 radical (unpaired) electrons. The molecule has 8 nitrogen and oxygen atoms in total. The molecule has 1 aliphatic rings. The number of nitro benzene ring substituents is 1. The molecule has 1 aliphatic heterocycles. The molecule has 0 aromatic heterocycles. The predicted molar refractivity (Wildman–Crippen MR) is 129 cm³/mol. The summed E-state index contributed by atoms with van der Waals surface area (Å²) in [6.07, 6.45) is 0.810. The quantitative estimate of drug-likeness (QED) is 0.220. The van der Waals surface area contributed by atoms with Gasteiger partial charge in [-0.25, -0.2) is 4.79 Å². The number of piperidine rings is 1. The van der Waals surface area contributed by atoms with Gasteiger partial charge in [0.25, 0.3) is 11.6 Å². The number of carbonyl (C=O) groups excluding carboxylic acids is 2. The second-order valence-corrected chi connectivity index (χ2v) is 9.16. The lowest BCUT2D eigenvalue weighted by Gasteiger charge is -2.32. The van der Waals surface area contributed by atoms with Gasteiger partial charge in [0.15, 0.2) is 6.10 Å². The lowest BCUT2D eigenvalue weighted by Crippen LogP contribution is -2.34. The van der Waals surface area contributed by atoms with Crippen molar-refractivity contribution in [1.82, 2.24) is 0 Å². The van der Waals surface area contributed by atoms with Crippen LogP contribution in [-0.4, -0.2) is 36.0 Å². The number of halogens is 3. The third kappa shape index (κ3) is 6.07. The van der Waals surface area contributed by atoms with Gasteiger partial charge in [0.1, 0.15) is 5.69 Å². The summed E-state index contributed by atoms with van der Waals surface area (Å²) in [7, 11) is 0. The first-order valence-corrected chi connectivity index (χ1v) is 11.4. The lowest BCUT2D eigenvalue weighted by molar-refractivity contribution is -0.384. The largest absolute Gasteiger partial charge is 0.449 e. The number of nitrogens with one attached hydrogen (secondary N) is 1. The first kappa shape index (κ1) is 25.1. The van der Waals surface area contributed by atoms with Crippen LogP contribution in [-0.2, 0) is 9.53 Å². The van der Waals surface area contributed by atoms with Gasteiger partial charge in [-0.15, -0.1) is 0 Å². The third-order valence-electron chi connectivity index (χ3n) is 5.33. The number of hydrogen-bond acceptors (Lipinski definition) is 6. The third-order valence-corrected chi connectivity index (χ3v) is 6.36. The Kier molecular flexibility index (Phi) is 8.05. The molecule has 1 saturated heterocycles. The summed E-state index contributed by atoms with van der Waals surface area (Å²) >= 11 is 17.9. The molecule has 0 spiro atoms. The van der Waals surface area contributed by atoms with E-state index in [4.69, 9.17) is 39.5 Å². The highest BCUT2D eigenvalue weighted by atomic mass is 35.5. The number of hydrogen-bond donors (Lipinski definition) is 1. The van der Waals surface area contributed by atoms with Crippen LogP contribution in [0.4, 0.5) is 17.1 Å². The molecule has 0 unspecified atom stereocenters. The average molecular weight is 515 g/mol. The first-order valence-electron chi connectivity index (χ1n) is 10.3. The van der Waals surface area contributed by atoms with Crippen LogP contribution in [0, 0.1) is 16.0 Å². The second kappa shape index (κ2) is 10.6. The van der Waals surface area contributed by atoms with Gasteiger partial charge < -0.3 is 15.0 Å². The summed E-state index contributed by atoms with van der Waals surface area (Å²) < 4.78 is 5.21. The summed E-state index contributed by atoms with van der Waals surface area (Å²) in [6.45, 7) is 4.89. The van der Waals surface area contributed by atoms with Gasteiger partial charge >= 0.3 is 5.97 Å². The normalized spacial score (nSPS) is 16.8. The highest BCUT2D eigenvalue weighted by Gasteiger charge is 2.27. The van der Waals surface area contributed by atoms with E-state index in [-0.39, 0.29) is 32.0 Å². The highest BCUT2D eigenvalue weighted by Crippen LogP contribution is 2.34. The van der Waals surface area contributed by atoms with E-state index in [0.29, 0.717) is 24.7 Å². The van der Waals surface area contributed by atoms with Crippen molar-refractivity contribution < 1.29 is 19.2 Å². The van der Waals surface area contributed by atoms with Crippen LogP contribution in [0.1, 0.15) is 37.0 Å². The minimum atomic E-state index is -1.20. The van der Waals surface area contributed by atoms with Crippen LogP contribution in [0.5, 0.6) is 0 Å². The number of carbonyl (C=O) groups is 2. The van der Waals surface area contributed by atoms with Crippen molar-refractivity contribution in [3.63, 3.8) is 0 Å². The smallest absolute Gasteiger partial charge is 0.339 e. The van der Waals surface area contributed by atoms with E-state index < -0.39 is 22.9 Å². The number of esters is 1. The summed E-state index contributed by atoms with van der Waals surface area (Å²) in [5.74, 6) is -1.09. The van der Waals surface area contributed by atoms with E-state index in [9.17, 15) is 19.7 Å². The summed E-state index contributed by atoms with van der Waals surface area (Å²) in [6, 6.07) is 6.94. The van der Waals surface area contributed by atoms with Gasteiger partial charge in [0, 0.05) is 19.2 Å². The fourth-order valence-corrected chi connectivity index (χ4v) is 4.20. The van der Waals surface area contributed by atoms with Crippen LogP contribution in [0.2, 0.25) is 15.1 Å². The average Bonchev–Trinajstić information content (AvgIpc) is 2.76. The van der Waals surface area contributed by atoms with E-state index in [1.165, 1.54) is 31.2 Å². The van der Waals surface area contributed by atoms with E-state index >= 15 is 0 Å². The molecule has 0 saturated carbocycles. The van der Waals surface area contributed by atoms with Gasteiger partial charge in [-0.05, 0) is 49.9 Å². The van der Waals surface area contributed by atoms with Gasteiger partial charge in [-0.1, -0.05) is 41.7 Å². The number of nitrogens with zero attached hydrogens (tertiary/aromatic N) is 2. The van der Waals surface area contributed by atoms with E-state index in [1.54, 1.807) is 6.07 Å². The zero-order chi connectivity index (χ0) is 24.3. The van der Waals surface area contributed by atoms with Crippen LogP contribution in [0.25, 0.3) is 0 Å². The van der Waals surface area contributed by atoms with Gasteiger partial charge in [-0.2, -0.15) is 0 Å². The van der Waals surface area contributed by atoms with Gasteiger partial charge in [-0.3, -0.25) is 14.9 Å². The van der Waals surface area contributed by atoms with Crippen molar-refractivity contribution in [3.05, 3.63) is 61.1 Å². The van der Waals surface area contributed by atoms with Gasteiger partial charge in [0.2, 0.25) is 0 Å². The molecule has 0 bridgehead atoms. The zero-order valence-electron chi connectivity index (χ0n) is 17.9. The topological polar surface area (TPSA) is 102 Å². The van der Waals surface area contributed by atoms with E-state index in [1.807, 2.05) is 4.90 Å². The number of anilines is 2. The van der Waals surface area contributed by atoms with Crippen LogP contribution < -0.4 is 10.2 Å². The predicted octanol–water partition coefficient (Wildman–Crippen LogP) is 5.98. The molecule has 3 rings (SSSR count). The monoisotopic (exact) mass is 513 g/mol. The van der Waals surface area contributed by atoms with Gasteiger partial charge in [0.05, 0.1) is 31.2 Å². The number of rotatable bonds is 6. The molecule has 1 N–H and O–H groups in total. The molecular formula is C22H22Cl3N3O5. The molecule has 11 heteroatoms. The van der Waals surface area contributed by atoms with Crippen LogP contribution >= 0.6 is 34.8 Å². The Balaban J connectivity index is 1.72. The Morgan fingerprint density at radius 2 is 1.88 bits per heavy atom. The standard InChI is InChI=1S/C22H22Cl3N3O5/c1-12-4-3-7-27(11-12)19-6-5-14(8-20(19)28(31)32)22(30)33-13(2)21(29)26-18-10-16(24)15(23)9-17(18)25/h5-6,8-10,12-13H,3-4,7,11H2,1-2H3,(H,26,29)/t12-,13-/m1/s1. The molecule has 0 aliphatic carbocycles. The maximum atomic E-state index is 12.6. The minimum Gasteiger partial charge on any atom is -0.449 e. The van der Waals surface area contributed by atoms with Crippen molar-refractivity contribution in [3.8, 4) is 0 Å². The molecule has 2 aromatic carbocycles. The molecule has 2 atom stereocenters. The Morgan fingerprint density at radius 3 is 2.55 bits per heavy atom. The Hall–Kier alpha value is -2.55. The maximum absolute atomic E-state index is 12.6. The second-order valence-electron chi connectivity index (χ2n) is 7.94. The number of nitro groups is 1. The molecule has 1 heterocycles. The summed E-state index contributed by atoms with van der Waals surface area (Å²) in [4.78, 5) is 38.1. The molecule has 2 aromatic rings. The highest BCUT2D eigenvalue weighted by molar-refractivity contribution is 6.44. The van der Waals surface area contributed by atoms with E-state index in [0.717, 1.165) is 12.8 Å². The fourth-order valence-electron chi connectivity index (χ4n) is 3.61. The Morgan fingerprint density at radius 1 is 1.18 bits per heavy atom. The molecular weight excluding hydrogens is 493 g/mol. The zero-order valence-corrected chi connectivity index (χ0v) is 20.2. The molecule has 33 heavy (non-hydrogen) atoms. The first-order chi connectivity index (χ1) is 15.6. The minimum absolute atomic E-state index is 0.0253. The Labute approximate surface area is 205 Å². The summed E-state index contributed by atoms with van der Waals surface area (Å²) in [5.41, 5.74) is 0.457. The van der Waals surface area contributed by atoms with Crippen molar-refractivity contribution in [1.29, 1.82) is 0 Å². The molecule has 176 valence electrons. The number of benzene rings is 2. The maximum Gasteiger partial charge on any atom is 0.339 e.